The normalized spacial score (nSPS) is 20.2. The molecule has 6 nitrogen and oxygen atoms in total. The molecule has 1 unspecified atom stereocenters. The van der Waals surface area contributed by atoms with Crippen molar-refractivity contribution in [3.05, 3.63) is 47.3 Å². The first-order valence-corrected chi connectivity index (χ1v) is 10.0. The van der Waals surface area contributed by atoms with Crippen LogP contribution in [0, 0.1) is 6.92 Å². The van der Waals surface area contributed by atoms with Gasteiger partial charge in [-0.15, -0.1) is 24.0 Å². The van der Waals surface area contributed by atoms with Crippen LogP contribution in [0.2, 0.25) is 0 Å². The first kappa shape index (κ1) is 21.0. The van der Waals surface area contributed by atoms with Gasteiger partial charge in [0.25, 0.3) is 0 Å². The number of aliphatic imine (C=N–C) groups is 1. The van der Waals surface area contributed by atoms with Crippen molar-refractivity contribution >= 4 is 29.9 Å². The summed E-state index contributed by atoms with van der Waals surface area (Å²) in [6.07, 6.45) is 7.62. The Hall–Kier alpha value is -1.77. The second kappa shape index (κ2) is 9.15. The van der Waals surface area contributed by atoms with Crippen molar-refractivity contribution in [3.8, 4) is 5.75 Å². The second-order valence-electron chi connectivity index (χ2n) is 7.65. The van der Waals surface area contributed by atoms with Crippen LogP contribution in [0.3, 0.4) is 0 Å². The van der Waals surface area contributed by atoms with E-state index in [0.717, 1.165) is 48.8 Å². The van der Waals surface area contributed by atoms with Gasteiger partial charge in [0.2, 0.25) is 0 Å². The Morgan fingerprint density at radius 3 is 2.82 bits per heavy atom. The number of guanidine groups is 1. The smallest absolute Gasteiger partial charge is 0.192 e. The Balaban J connectivity index is 0.00000225. The average Bonchev–Trinajstić information content (AvgIpc) is 3.29. The minimum absolute atomic E-state index is 0. The van der Waals surface area contributed by atoms with Crippen molar-refractivity contribution in [2.75, 3.05) is 6.54 Å². The van der Waals surface area contributed by atoms with Gasteiger partial charge < -0.3 is 15.4 Å². The number of aromatic amines is 1. The van der Waals surface area contributed by atoms with Crippen LogP contribution in [0.15, 0.2) is 35.5 Å². The quantitative estimate of drug-likeness (QED) is 0.337. The molecular formula is C21H30IN5O. The van der Waals surface area contributed by atoms with E-state index < -0.39 is 0 Å². The van der Waals surface area contributed by atoms with E-state index in [1.54, 1.807) is 0 Å². The van der Waals surface area contributed by atoms with Gasteiger partial charge in [0.15, 0.2) is 5.96 Å². The van der Waals surface area contributed by atoms with Crippen LogP contribution in [-0.4, -0.2) is 28.3 Å². The van der Waals surface area contributed by atoms with E-state index in [4.69, 9.17) is 9.73 Å². The first-order chi connectivity index (χ1) is 13.2. The number of benzene rings is 1. The highest BCUT2D eigenvalue weighted by atomic mass is 127. The van der Waals surface area contributed by atoms with E-state index in [9.17, 15) is 0 Å². The predicted molar refractivity (Wildman–Crippen MR) is 122 cm³/mol. The van der Waals surface area contributed by atoms with Gasteiger partial charge in [-0.25, -0.2) is 4.99 Å². The third kappa shape index (κ3) is 4.45. The maximum Gasteiger partial charge on any atom is 0.192 e. The molecule has 1 aromatic heterocycles. The maximum atomic E-state index is 6.47. The molecule has 1 aliphatic heterocycles. The number of hydrogen-bond donors (Lipinski definition) is 3. The van der Waals surface area contributed by atoms with Gasteiger partial charge in [0, 0.05) is 29.8 Å². The number of aromatic nitrogens is 2. The summed E-state index contributed by atoms with van der Waals surface area (Å²) in [5, 5.41) is 14.1. The van der Waals surface area contributed by atoms with Gasteiger partial charge in [0.1, 0.15) is 11.4 Å². The molecule has 28 heavy (non-hydrogen) atoms. The van der Waals surface area contributed by atoms with Crippen LogP contribution in [0.1, 0.15) is 61.9 Å². The third-order valence-electron chi connectivity index (χ3n) is 5.71. The van der Waals surface area contributed by atoms with Crippen molar-refractivity contribution in [3.63, 3.8) is 0 Å². The molecule has 1 saturated carbocycles. The molecule has 0 saturated heterocycles. The van der Waals surface area contributed by atoms with Gasteiger partial charge in [-0.3, -0.25) is 5.10 Å². The van der Waals surface area contributed by atoms with Crippen LogP contribution in [-0.2, 0) is 6.54 Å². The van der Waals surface area contributed by atoms with Gasteiger partial charge in [-0.1, -0.05) is 18.2 Å². The molecule has 3 N–H and O–H groups in total. The number of fused-ring (bicyclic) bond motifs is 1. The summed E-state index contributed by atoms with van der Waals surface area (Å²) >= 11 is 0. The Labute approximate surface area is 184 Å². The Morgan fingerprint density at radius 2 is 2.11 bits per heavy atom. The summed E-state index contributed by atoms with van der Waals surface area (Å²) in [6.45, 7) is 5.55. The fraction of sp³-hybridized carbons (Fsp3) is 0.524. The van der Waals surface area contributed by atoms with Crippen molar-refractivity contribution in [2.45, 2.75) is 64.1 Å². The SMILES string of the molecule is CCNC(=NCc1cn[nH]c1C)NC1CC2(CCCC2)Oc2ccccc21.I. The zero-order valence-corrected chi connectivity index (χ0v) is 19.0. The lowest BCUT2D eigenvalue weighted by Gasteiger charge is -2.40. The minimum Gasteiger partial charge on any atom is -0.487 e. The summed E-state index contributed by atoms with van der Waals surface area (Å²) in [6, 6.07) is 8.62. The van der Waals surface area contributed by atoms with Crippen LogP contribution in [0.5, 0.6) is 5.75 Å². The second-order valence-corrected chi connectivity index (χ2v) is 7.65. The maximum absolute atomic E-state index is 6.47. The van der Waals surface area contributed by atoms with Crippen molar-refractivity contribution in [1.82, 2.24) is 20.8 Å². The zero-order valence-electron chi connectivity index (χ0n) is 16.6. The number of ether oxygens (including phenoxy) is 1. The standard InChI is InChI=1S/C21H29N5O.HI/c1-3-22-20(23-13-16-14-24-26-15(16)2)25-18-12-21(10-6-7-11-21)27-19-9-5-4-8-17(18)19;/h4-5,8-9,14,18H,3,6-7,10-13H2,1-2H3,(H,24,26)(H2,22,23,25);1H. The molecule has 1 fully saturated rings. The van der Waals surface area contributed by atoms with Crippen molar-refractivity contribution in [2.24, 2.45) is 4.99 Å². The minimum atomic E-state index is -0.0233. The highest BCUT2D eigenvalue weighted by Crippen LogP contribution is 2.46. The molecular weight excluding hydrogens is 465 g/mol. The molecule has 1 spiro atoms. The van der Waals surface area contributed by atoms with E-state index >= 15 is 0 Å². The number of rotatable bonds is 4. The number of nitrogens with one attached hydrogen (secondary N) is 3. The number of aryl methyl sites for hydroxylation is 1. The van der Waals surface area contributed by atoms with Gasteiger partial charge in [-0.2, -0.15) is 5.10 Å². The van der Waals surface area contributed by atoms with Gasteiger partial charge >= 0.3 is 0 Å². The highest BCUT2D eigenvalue weighted by Gasteiger charge is 2.43. The summed E-state index contributed by atoms with van der Waals surface area (Å²) in [7, 11) is 0. The van der Waals surface area contributed by atoms with Crippen molar-refractivity contribution < 1.29 is 4.74 Å². The molecule has 1 atom stereocenters. The number of H-pyrrole nitrogens is 1. The molecule has 1 aromatic carbocycles. The first-order valence-electron chi connectivity index (χ1n) is 10.0. The molecule has 2 aliphatic rings. The van der Waals surface area contributed by atoms with E-state index in [0.29, 0.717) is 6.54 Å². The summed E-state index contributed by atoms with van der Waals surface area (Å²) < 4.78 is 6.47. The monoisotopic (exact) mass is 495 g/mol. The van der Waals surface area contributed by atoms with E-state index in [1.807, 2.05) is 13.1 Å². The van der Waals surface area contributed by atoms with Crippen molar-refractivity contribution in [1.29, 1.82) is 0 Å². The lowest BCUT2D eigenvalue weighted by atomic mass is 9.86. The number of nitrogens with zero attached hydrogens (tertiary/aromatic N) is 2. The van der Waals surface area contributed by atoms with E-state index in [1.165, 1.54) is 18.4 Å². The Kier molecular flexibility index (Phi) is 6.85. The molecule has 0 bridgehead atoms. The van der Waals surface area contributed by atoms with Crippen LogP contribution in [0.4, 0.5) is 0 Å². The van der Waals surface area contributed by atoms with Gasteiger partial charge in [0.05, 0.1) is 18.8 Å². The van der Waals surface area contributed by atoms with Crippen LogP contribution in [0.25, 0.3) is 0 Å². The molecule has 7 heteroatoms. The molecule has 4 rings (SSSR count). The average molecular weight is 495 g/mol. The fourth-order valence-electron chi connectivity index (χ4n) is 4.26. The largest absolute Gasteiger partial charge is 0.487 e. The molecule has 1 aliphatic carbocycles. The molecule has 2 heterocycles. The Morgan fingerprint density at radius 1 is 1.32 bits per heavy atom. The highest BCUT2D eigenvalue weighted by molar-refractivity contribution is 14.0. The lowest BCUT2D eigenvalue weighted by molar-refractivity contribution is 0.0396. The predicted octanol–water partition coefficient (Wildman–Crippen LogP) is 4.23. The zero-order chi connectivity index (χ0) is 18.7. The topological polar surface area (TPSA) is 74.3 Å². The third-order valence-corrected chi connectivity index (χ3v) is 5.71. The summed E-state index contributed by atoms with van der Waals surface area (Å²) in [4.78, 5) is 4.79. The molecule has 152 valence electrons. The van der Waals surface area contributed by atoms with E-state index in [-0.39, 0.29) is 35.6 Å². The fourth-order valence-corrected chi connectivity index (χ4v) is 4.26. The Bertz CT molecular complexity index is 813. The number of halogens is 1. The van der Waals surface area contributed by atoms with Gasteiger partial charge in [-0.05, 0) is 45.6 Å². The van der Waals surface area contributed by atoms with E-state index in [2.05, 4.69) is 52.0 Å². The molecule has 2 aromatic rings. The summed E-state index contributed by atoms with van der Waals surface area (Å²) in [5.74, 6) is 1.86. The number of hydrogen-bond acceptors (Lipinski definition) is 3. The molecule has 0 amide bonds. The van der Waals surface area contributed by atoms with Crippen LogP contribution >= 0.6 is 24.0 Å². The van der Waals surface area contributed by atoms with Crippen LogP contribution < -0.4 is 15.4 Å². The summed E-state index contributed by atoms with van der Waals surface area (Å²) in [5.41, 5.74) is 3.38. The lowest BCUT2D eigenvalue weighted by Crippen LogP contribution is -2.46. The molecule has 0 radical (unpaired) electrons. The number of para-hydroxylation sites is 1.